The Hall–Kier alpha value is -1.35. The quantitative estimate of drug-likeness (QED) is 0.588. The SMILES string of the molecule is CCCN(C1CC(C)(C)Oc2ccc(OCCN3CCOCC3)cc21)S(=O)(=O)CC. The van der Waals surface area contributed by atoms with Gasteiger partial charge in [-0.3, -0.25) is 4.90 Å². The Balaban J connectivity index is 1.81. The van der Waals surface area contributed by atoms with E-state index in [4.69, 9.17) is 14.2 Å². The van der Waals surface area contributed by atoms with Crippen molar-refractivity contribution >= 4 is 10.0 Å². The van der Waals surface area contributed by atoms with Crippen LogP contribution in [0, 0.1) is 0 Å². The Kier molecular flexibility index (Phi) is 7.66. The van der Waals surface area contributed by atoms with Crippen molar-refractivity contribution in [2.24, 2.45) is 0 Å². The molecule has 1 atom stereocenters. The second-order valence-corrected chi connectivity index (χ2v) is 10.8. The topological polar surface area (TPSA) is 68.3 Å². The summed E-state index contributed by atoms with van der Waals surface area (Å²) in [5, 5.41) is 0. The standard InChI is InChI=1S/C22H36N2O5S/c1-5-9-24(30(25,26)6-2)20-17-22(3,4)29-21-8-7-18(16-19(20)21)28-15-12-23-10-13-27-14-11-23/h7-8,16,20H,5-6,9-15,17H2,1-4H3. The molecule has 1 unspecified atom stereocenters. The molecule has 1 saturated heterocycles. The van der Waals surface area contributed by atoms with Crippen molar-refractivity contribution in [3.63, 3.8) is 0 Å². The summed E-state index contributed by atoms with van der Waals surface area (Å²) in [6.07, 6.45) is 1.37. The van der Waals surface area contributed by atoms with E-state index in [-0.39, 0.29) is 11.8 Å². The summed E-state index contributed by atoms with van der Waals surface area (Å²) >= 11 is 0. The van der Waals surface area contributed by atoms with Crippen molar-refractivity contribution < 1.29 is 22.6 Å². The van der Waals surface area contributed by atoms with E-state index in [2.05, 4.69) is 4.90 Å². The molecule has 0 N–H and O–H groups in total. The summed E-state index contributed by atoms with van der Waals surface area (Å²) in [6.45, 7) is 13.1. The van der Waals surface area contributed by atoms with Gasteiger partial charge in [-0.2, -0.15) is 4.31 Å². The molecule has 0 spiro atoms. The van der Waals surface area contributed by atoms with E-state index in [0.717, 1.165) is 56.3 Å². The van der Waals surface area contributed by atoms with Gasteiger partial charge < -0.3 is 14.2 Å². The largest absolute Gasteiger partial charge is 0.492 e. The first-order valence-electron chi connectivity index (χ1n) is 11.0. The number of ether oxygens (including phenoxy) is 3. The smallest absolute Gasteiger partial charge is 0.214 e. The first-order valence-corrected chi connectivity index (χ1v) is 12.6. The zero-order valence-corrected chi connectivity index (χ0v) is 19.5. The molecular formula is C22H36N2O5S. The van der Waals surface area contributed by atoms with E-state index in [1.54, 1.807) is 11.2 Å². The molecule has 0 bridgehead atoms. The lowest BCUT2D eigenvalue weighted by Gasteiger charge is -2.42. The molecule has 1 fully saturated rings. The lowest BCUT2D eigenvalue weighted by Crippen LogP contribution is -2.44. The van der Waals surface area contributed by atoms with Crippen molar-refractivity contribution in [1.29, 1.82) is 0 Å². The predicted octanol–water partition coefficient (Wildman–Crippen LogP) is 3.06. The van der Waals surface area contributed by atoms with E-state index in [9.17, 15) is 8.42 Å². The summed E-state index contributed by atoms with van der Waals surface area (Å²) in [5.41, 5.74) is 0.453. The number of sulfonamides is 1. The molecule has 2 heterocycles. The van der Waals surface area contributed by atoms with Crippen molar-refractivity contribution in [3.05, 3.63) is 23.8 Å². The minimum Gasteiger partial charge on any atom is -0.492 e. The van der Waals surface area contributed by atoms with Gasteiger partial charge in [-0.25, -0.2) is 8.42 Å². The molecule has 0 amide bonds. The molecule has 0 aromatic heterocycles. The predicted molar refractivity (Wildman–Crippen MR) is 118 cm³/mol. The van der Waals surface area contributed by atoms with Gasteiger partial charge in [0.05, 0.1) is 25.0 Å². The fourth-order valence-electron chi connectivity index (χ4n) is 4.13. The Labute approximate surface area is 181 Å². The number of benzene rings is 1. The first-order chi connectivity index (χ1) is 14.3. The maximum absolute atomic E-state index is 12.9. The molecule has 2 aliphatic heterocycles. The van der Waals surface area contributed by atoms with Gasteiger partial charge in [0.2, 0.25) is 10.0 Å². The zero-order chi connectivity index (χ0) is 21.8. The van der Waals surface area contributed by atoms with Gasteiger partial charge in [0.25, 0.3) is 0 Å². The molecule has 0 radical (unpaired) electrons. The Morgan fingerprint density at radius 3 is 2.63 bits per heavy atom. The van der Waals surface area contributed by atoms with Crippen LogP contribution in [-0.2, 0) is 14.8 Å². The summed E-state index contributed by atoms with van der Waals surface area (Å²) < 4.78 is 45.0. The first kappa shape index (κ1) is 23.3. The third kappa shape index (κ3) is 5.66. The van der Waals surface area contributed by atoms with E-state index in [1.807, 2.05) is 39.0 Å². The second kappa shape index (κ2) is 9.85. The van der Waals surface area contributed by atoms with Gasteiger partial charge >= 0.3 is 0 Å². The molecule has 170 valence electrons. The van der Waals surface area contributed by atoms with Crippen molar-refractivity contribution in [2.45, 2.75) is 52.2 Å². The zero-order valence-electron chi connectivity index (χ0n) is 18.7. The monoisotopic (exact) mass is 440 g/mol. The van der Waals surface area contributed by atoms with Crippen LogP contribution < -0.4 is 9.47 Å². The van der Waals surface area contributed by atoms with E-state index in [1.165, 1.54) is 0 Å². The average Bonchev–Trinajstić information content (AvgIpc) is 2.72. The van der Waals surface area contributed by atoms with Gasteiger partial charge in [-0.1, -0.05) is 6.92 Å². The number of morpholine rings is 1. The Morgan fingerprint density at radius 1 is 1.23 bits per heavy atom. The van der Waals surface area contributed by atoms with Gasteiger partial charge in [0.15, 0.2) is 0 Å². The van der Waals surface area contributed by atoms with Crippen LogP contribution in [0.5, 0.6) is 11.5 Å². The number of fused-ring (bicyclic) bond motifs is 1. The highest BCUT2D eigenvalue weighted by Crippen LogP contribution is 2.45. The number of hydrogen-bond donors (Lipinski definition) is 0. The molecule has 1 aromatic rings. The molecular weight excluding hydrogens is 404 g/mol. The van der Waals surface area contributed by atoms with Crippen LogP contribution in [0.25, 0.3) is 0 Å². The number of rotatable bonds is 9. The summed E-state index contributed by atoms with van der Waals surface area (Å²) in [5.74, 6) is 1.58. The maximum Gasteiger partial charge on any atom is 0.214 e. The van der Waals surface area contributed by atoms with Crippen molar-refractivity contribution in [2.75, 3.05) is 51.8 Å². The van der Waals surface area contributed by atoms with Crippen LogP contribution >= 0.6 is 0 Å². The third-order valence-corrected chi connectivity index (χ3v) is 7.59. The van der Waals surface area contributed by atoms with E-state index >= 15 is 0 Å². The molecule has 0 saturated carbocycles. The number of nitrogens with zero attached hydrogens (tertiary/aromatic N) is 2. The maximum atomic E-state index is 12.9. The molecule has 1 aromatic carbocycles. The summed E-state index contributed by atoms with van der Waals surface area (Å²) in [4.78, 5) is 2.33. The Morgan fingerprint density at radius 2 is 1.97 bits per heavy atom. The van der Waals surface area contributed by atoms with Crippen molar-refractivity contribution in [1.82, 2.24) is 9.21 Å². The molecule has 30 heavy (non-hydrogen) atoms. The molecule has 8 heteroatoms. The van der Waals surface area contributed by atoms with Crippen molar-refractivity contribution in [3.8, 4) is 11.5 Å². The average molecular weight is 441 g/mol. The molecule has 3 rings (SSSR count). The minimum absolute atomic E-state index is 0.0931. The summed E-state index contributed by atoms with van der Waals surface area (Å²) in [6, 6.07) is 5.53. The minimum atomic E-state index is -3.34. The van der Waals surface area contributed by atoms with Gasteiger partial charge in [-0.15, -0.1) is 0 Å². The van der Waals surface area contributed by atoms with Crippen LogP contribution in [0.1, 0.15) is 52.1 Å². The lowest BCUT2D eigenvalue weighted by atomic mass is 9.89. The fourth-order valence-corrected chi connectivity index (χ4v) is 5.50. The van der Waals surface area contributed by atoms with E-state index < -0.39 is 15.6 Å². The lowest BCUT2D eigenvalue weighted by molar-refractivity contribution is 0.0321. The van der Waals surface area contributed by atoms with Crippen LogP contribution in [0.15, 0.2) is 18.2 Å². The van der Waals surface area contributed by atoms with Gasteiger partial charge in [-0.05, 0) is 45.4 Å². The van der Waals surface area contributed by atoms with Crippen LogP contribution in [0.4, 0.5) is 0 Å². The third-order valence-electron chi connectivity index (χ3n) is 5.71. The van der Waals surface area contributed by atoms with Crippen LogP contribution in [-0.4, -0.2) is 75.0 Å². The molecule has 7 nitrogen and oxygen atoms in total. The Bertz CT molecular complexity index is 806. The van der Waals surface area contributed by atoms with Crippen LogP contribution in [0.2, 0.25) is 0 Å². The highest BCUT2D eigenvalue weighted by molar-refractivity contribution is 7.89. The normalized spacial score (nSPS) is 21.8. The highest BCUT2D eigenvalue weighted by atomic mass is 32.2. The molecule has 0 aliphatic carbocycles. The van der Waals surface area contributed by atoms with Gasteiger partial charge in [0, 0.05) is 38.2 Å². The van der Waals surface area contributed by atoms with Gasteiger partial charge in [0.1, 0.15) is 23.7 Å². The second-order valence-electron chi connectivity index (χ2n) is 8.60. The fraction of sp³-hybridized carbons (Fsp3) is 0.727. The van der Waals surface area contributed by atoms with Crippen LogP contribution in [0.3, 0.4) is 0 Å². The highest BCUT2D eigenvalue weighted by Gasteiger charge is 2.40. The summed E-state index contributed by atoms with van der Waals surface area (Å²) in [7, 11) is -3.34. The molecule has 2 aliphatic rings. The number of hydrogen-bond acceptors (Lipinski definition) is 6. The van der Waals surface area contributed by atoms with E-state index in [0.29, 0.717) is 19.6 Å².